The van der Waals surface area contributed by atoms with Gasteiger partial charge in [0.25, 0.3) is 0 Å². The molecule has 0 unspecified atom stereocenters. The van der Waals surface area contributed by atoms with Crippen molar-refractivity contribution in [3.05, 3.63) is 48.5 Å². The first-order valence-corrected chi connectivity index (χ1v) is 6.94. The second kappa shape index (κ2) is 8.43. The summed E-state index contributed by atoms with van der Waals surface area (Å²) < 4.78 is 0. The van der Waals surface area contributed by atoms with E-state index >= 15 is 0 Å². The molecule has 0 fully saturated rings. The summed E-state index contributed by atoms with van der Waals surface area (Å²) in [6.07, 6.45) is 0. The van der Waals surface area contributed by atoms with Crippen LogP contribution in [0.25, 0.3) is 0 Å². The van der Waals surface area contributed by atoms with Crippen LogP contribution in [-0.2, 0) is 0 Å². The van der Waals surface area contributed by atoms with Crippen molar-refractivity contribution in [2.45, 2.75) is 9.79 Å². The molecule has 0 atom stereocenters. The first kappa shape index (κ1) is 17.3. The number of hydrogen-bond acceptors (Lipinski definition) is 4. The Labute approximate surface area is 127 Å². The zero-order valence-corrected chi connectivity index (χ0v) is 12.7. The number of rotatable bonds is 3. The van der Waals surface area contributed by atoms with Gasteiger partial charge in [-0.2, -0.15) is 0 Å². The predicted octanol–water partition coefficient (Wildman–Crippen LogP) is 4.49. The first-order valence-electron chi connectivity index (χ1n) is 4.79. The standard InChI is InChI=1S/C12H12N2S2.2ClH/c13-9-1-5-11(6-2-9)15-16-12-7-3-10(14)4-8-12;;/h1-8H,13-14H2;2*1H. The number of nitrogen functional groups attached to an aromatic ring is 2. The summed E-state index contributed by atoms with van der Waals surface area (Å²) in [6.45, 7) is 0. The van der Waals surface area contributed by atoms with E-state index in [9.17, 15) is 0 Å². The summed E-state index contributed by atoms with van der Waals surface area (Å²) in [7, 11) is 3.42. The Balaban J connectivity index is 0.00000144. The van der Waals surface area contributed by atoms with Crippen LogP contribution < -0.4 is 11.5 Å². The van der Waals surface area contributed by atoms with E-state index in [4.69, 9.17) is 11.5 Å². The molecule has 2 nitrogen and oxygen atoms in total. The van der Waals surface area contributed by atoms with Crippen LogP contribution in [-0.4, -0.2) is 0 Å². The van der Waals surface area contributed by atoms with Crippen molar-refractivity contribution in [2.75, 3.05) is 11.5 Å². The second-order valence-corrected chi connectivity index (χ2v) is 5.58. The van der Waals surface area contributed by atoms with Gasteiger partial charge in [0.05, 0.1) is 0 Å². The van der Waals surface area contributed by atoms with Crippen LogP contribution in [0.4, 0.5) is 11.4 Å². The molecule has 98 valence electrons. The van der Waals surface area contributed by atoms with Crippen LogP contribution in [0.5, 0.6) is 0 Å². The minimum atomic E-state index is 0. The SMILES string of the molecule is Cl.Cl.Nc1ccc(SSc2ccc(N)cc2)cc1. The van der Waals surface area contributed by atoms with Gasteiger partial charge in [-0.25, -0.2) is 0 Å². The fourth-order valence-electron chi connectivity index (χ4n) is 1.14. The monoisotopic (exact) mass is 320 g/mol. The number of hydrogen-bond donors (Lipinski definition) is 2. The maximum atomic E-state index is 5.62. The first-order chi connectivity index (χ1) is 7.74. The molecule has 0 aliphatic heterocycles. The molecule has 0 bridgehead atoms. The van der Waals surface area contributed by atoms with Gasteiger partial charge in [-0.15, -0.1) is 24.8 Å². The number of benzene rings is 2. The largest absolute Gasteiger partial charge is 0.399 e. The normalized spacial score (nSPS) is 9.11. The Morgan fingerprint density at radius 2 is 0.833 bits per heavy atom. The van der Waals surface area contributed by atoms with Gasteiger partial charge in [0.15, 0.2) is 0 Å². The van der Waals surface area contributed by atoms with Gasteiger partial charge in [-0.1, -0.05) is 21.6 Å². The van der Waals surface area contributed by atoms with Gasteiger partial charge in [-0.3, -0.25) is 0 Å². The lowest BCUT2D eigenvalue weighted by molar-refractivity contribution is 1.47. The zero-order chi connectivity index (χ0) is 11.4. The molecule has 0 saturated heterocycles. The van der Waals surface area contributed by atoms with Crippen molar-refractivity contribution in [1.29, 1.82) is 0 Å². The summed E-state index contributed by atoms with van der Waals surface area (Å²) in [5, 5.41) is 0. The molecule has 0 spiro atoms. The summed E-state index contributed by atoms with van der Waals surface area (Å²) in [5.41, 5.74) is 12.8. The second-order valence-electron chi connectivity index (χ2n) is 3.30. The lowest BCUT2D eigenvalue weighted by Gasteiger charge is -2.02. The molecule has 0 aliphatic carbocycles. The molecule has 2 aromatic carbocycles. The van der Waals surface area contributed by atoms with E-state index in [-0.39, 0.29) is 24.8 Å². The van der Waals surface area contributed by atoms with Gasteiger partial charge in [0, 0.05) is 21.2 Å². The van der Waals surface area contributed by atoms with Crippen LogP contribution in [0.15, 0.2) is 58.3 Å². The Morgan fingerprint density at radius 1 is 0.556 bits per heavy atom. The van der Waals surface area contributed by atoms with E-state index in [1.807, 2.05) is 48.5 Å². The van der Waals surface area contributed by atoms with Crippen LogP contribution in [0.1, 0.15) is 0 Å². The Hall–Kier alpha value is -0.680. The quantitative estimate of drug-likeness (QED) is 0.646. The molecule has 2 rings (SSSR count). The fraction of sp³-hybridized carbons (Fsp3) is 0. The van der Waals surface area contributed by atoms with E-state index < -0.39 is 0 Å². The maximum absolute atomic E-state index is 5.62. The van der Waals surface area contributed by atoms with Crippen LogP contribution in [0, 0.1) is 0 Å². The molecule has 0 radical (unpaired) electrons. The van der Waals surface area contributed by atoms with Gasteiger partial charge >= 0.3 is 0 Å². The van der Waals surface area contributed by atoms with E-state index in [0.717, 1.165) is 11.4 Å². The highest BCUT2D eigenvalue weighted by Crippen LogP contribution is 2.37. The molecule has 0 heterocycles. The van der Waals surface area contributed by atoms with E-state index in [1.165, 1.54) is 9.79 Å². The smallest absolute Gasteiger partial charge is 0.0314 e. The summed E-state index contributed by atoms with van der Waals surface area (Å²) >= 11 is 0. The Kier molecular flexibility index (Phi) is 8.11. The molecular formula is C12H14Cl2N2S2. The molecule has 0 saturated carbocycles. The van der Waals surface area contributed by atoms with Crippen molar-refractivity contribution in [1.82, 2.24) is 0 Å². The molecule has 0 aromatic heterocycles. The molecular weight excluding hydrogens is 307 g/mol. The van der Waals surface area contributed by atoms with Crippen molar-refractivity contribution >= 4 is 57.8 Å². The molecule has 0 amide bonds. The predicted molar refractivity (Wildman–Crippen MR) is 87.9 cm³/mol. The van der Waals surface area contributed by atoms with Crippen LogP contribution >= 0.6 is 46.4 Å². The van der Waals surface area contributed by atoms with Crippen molar-refractivity contribution in [2.24, 2.45) is 0 Å². The average Bonchev–Trinajstić information content (AvgIpc) is 2.30. The highest BCUT2D eigenvalue weighted by Gasteiger charge is 1.97. The third-order valence-corrected chi connectivity index (χ3v) is 4.41. The minimum Gasteiger partial charge on any atom is -0.399 e. The van der Waals surface area contributed by atoms with E-state index in [2.05, 4.69) is 0 Å². The van der Waals surface area contributed by atoms with Gasteiger partial charge in [-0.05, 0) is 48.5 Å². The minimum absolute atomic E-state index is 0. The van der Waals surface area contributed by atoms with Gasteiger partial charge in [0.1, 0.15) is 0 Å². The summed E-state index contributed by atoms with van der Waals surface area (Å²) in [4.78, 5) is 2.38. The fourth-order valence-corrected chi connectivity index (χ4v) is 3.07. The molecule has 4 N–H and O–H groups in total. The van der Waals surface area contributed by atoms with Crippen LogP contribution in [0.2, 0.25) is 0 Å². The third-order valence-electron chi connectivity index (χ3n) is 1.99. The molecule has 18 heavy (non-hydrogen) atoms. The maximum Gasteiger partial charge on any atom is 0.0314 e. The number of nitrogens with two attached hydrogens (primary N) is 2. The molecule has 0 aliphatic rings. The zero-order valence-electron chi connectivity index (χ0n) is 9.41. The Morgan fingerprint density at radius 3 is 1.11 bits per heavy atom. The molecule has 6 heteroatoms. The lowest BCUT2D eigenvalue weighted by atomic mass is 10.3. The van der Waals surface area contributed by atoms with Crippen LogP contribution in [0.3, 0.4) is 0 Å². The average molecular weight is 321 g/mol. The molecule has 2 aromatic rings. The number of anilines is 2. The van der Waals surface area contributed by atoms with Gasteiger partial charge < -0.3 is 11.5 Å². The highest BCUT2D eigenvalue weighted by atomic mass is 35.5. The number of halogens is 2. The van der Waals surface area contributed by atoms with Gasteiger partial charge in [0.2, 0.25) is 0 Å². The lowest BCUT2D eigenvalue weighted by Crippen LogP contribution is -1.82. The summed E-state index contributed by atoms with van der Waals surface area (Å²) in [6, 6.07) is 15.7. The summed E-state index contributed by atoms with van der Waals surface area (Å²) in [5.74, 6) is 0. The Bertz CT molecular complexity index is 415. The highest BCUT2D eigenvalue weighted by molar-refractivity contribution is 8.76. The van der Waals surface area contributed by atoms with Crippen molar-refractivity contribution in [3.63, 3.8) is 0 Å². The van der Waals surface area contributed by atoms with E-state index in [1.54, 1.807) is 21.6 Å². The topological polar surface area (TPSA) is 52.0 Å². The van der Waals surface area contributed by atoms with Crippen molar-refractivity contribution in [3.8, 4) is 0 Å². The van der Waals surface area contributed by atoms with Crippen molar-refractivity contribution < 1.29 is 0 Å². The third kappa shape index (κ3) is 5.31. The van der Waals surface area contributed by atoms with E-state index in [0.29, 0.717) is 0 Å².